The number of nitrogens with zero attached hydrogens (tertiary/aromatic N) is 6. The zero-order valence-electron chi connectivity index (χ0n) is 16.9. The first-order valence-electron chi connectivity index (χ1n) is 10.6. The molecule has 4 aromatic rings. The number of anilines is 1. The maximum atomic E-state index is 4.57. The molecule has 8 heteroatoms. The number of benzene rings is 1. The number of aromatic nitrogens is 6. The monoisotopic (exact) mass is 400 g/mol. The molecule has 0 aliphatic carbocycles. The van der Waals surface area contributed by atoms with E-state index in [4.69, 9.17) is 0 Å². The van der Waals surface area contributed by atoms with E-state index in [2.05, 4.69) is 61.0 Å². The summed E-state index contributed by atoms with van der Waals surface area (Å²) >= 11 is 0. The summed E-state index contributed by atoms with van der Waals surface area (Å²) < 4.78 is 1.84. The Morgan fingerprint density at radius 2 is 1.93 bits per heavy atom. The van der Waals surface area contributed by atoms with Gasteiger partial charge in [-0.25, -0.2) is 4.68 Å². The average molecular weight is 400 g/mol. The molecule has 0 saturated carbocycles. The number of nitrogens with one attached hydrogen (secondary N) is 2. The molecule has 3 aromatic heterocycles. The smallest absolute Gasteiger partial charge is 0.151 e. The molecule has 6 rings (SSSR count). The minimum absolute atomic E-state index is 0.525. The molecule has 2 aliphatic heterocycles. The van der Waals surface area contributed by atoms with E-state index in [1.807, 2.05) is 29.2 Å². The van der Waals surface area contributed by atoms with Gasteiger partial charge < -0.3 is 10.2 Å². The molecule has 2 bridgehead atoms. The third kappa shape index (κ3) is 2.87. The molecule has 2 aliphatic rings. The largest absolute Gasteiger partial charge is 0.355 e. The SMILES string of the molecule is CN(c1ccc(-c2ccc(-n3cccn3)c3cn[nH]c23)nn1)C1C[C@H]2CC[C@@H](C1)N2. The van der Waals surface area contributed by atoms with Crippen molar-refractivity contribution in [3.63, 3.8) is 0 Å². The molecule has 0 radical (unpaired) electrons. The Bertz CT molecular complexity index is 1150. The number of fused-ring (bicyclic) bond motifs is 3. The minimum Gasteiger partial charge on any atom is -0.355 e. The molecule has 0 spiro atoms. The highest BCUT2D eigenvalue weighted by Crippen LogP contribution is 2.32. The highest BCUT2D eigenvalue weighted by atomic mass is 15.3. The molecule has 30 heavy (non-hydrogen) atoms. The van der Waals surface area contributed by atoms with Gasteiger partial charge >= 0.3 is 0 Å². The molecule has 152 valence electrons. The number of H-pyrrole nitrogens is 1. The first kappa shape index (κ1) is 17.6. The topological polar surface area (TPSA) is 87.6 Å². The summed E-state index contributed by atoms with van der Waals surface area (Å²) in [4.78, 5) is 2.30. The fourth-order valence-corrected chi connectivity index (χ4v) is 5.03. The van der Waals surface area contributed by atoms with Crippen molar-refractivity contribution in [3.05, 3.63) is 48.9 Å². The van der Waals surface area contributed by atoms with E-state index in [0.717, 1.165) is 33.7 Å². The van der Waals surface area contributed by atoms with Crippen molar-refractivity contribution in [1.82, 2.24) is 35.5 Å². The quantitative estimate of drug-likeness (QED) is 0.548. The molecular weight excluding hydrogens is 376 g/mol. The van der Waals surface area contributed by atoms with Crippen molar-refractivity contribution in [3.8, 4) is 16.9 Å². The fraction of sp³-hybridized carbons (Fsp3) is 0.364. The summed E-state index contributed by atoms with van der Waals surface area (Å²) in [6.07, 6.45) is 10.5. The minimum atomic E-state index is 0.525. The van der Waals surface area contributed by atoms with Crippen LogP contribution >= 0.6 is 0 Å². The van der Waals surface area contributed by atoms with E-state index >= 15 is 0 Å². The lowest BCUT2D eigenvalue weighted by Crippen LogP contribution is -2.47. The third-order valence-corrected chi connectivity index (χ3v) is 6.63. The van der Waals surface area contributed by atoms with Gasteiger partial charge in [-0.2, -0.15) is 10.2 Å². The lowest BCUT2D eigenvalue weighted by atomic mass is 9.98. The van der Waals surface area contributed by atoms with Gasteiger partial charge in [0.25, 0.3) is 0 Å². The zero-order chi connectivity index (χ0) is 20.1. The van der Waals surface area contributed by atoms with Gasteiger partial charge in [0.05, 0.1) is 23.1 Å². The first-order chi connectivity index (χ1) is 14.8. The fourth-order valence-electron chi connectivity index (χ4n) is 5.03. The van der Waals surface area contributed by atoms with Crippen LogP contribution < -0.4 is 10.2 Å². The van der Waals surface area contributed by atoms with Crippen LogP contribution in [0.1, 0.15) is 25.7 Å². The maximum Gasteiger partial charge on any atom is 0.151 e. The predicted octanol–water partition coefficient (Wildman–Crippen LogP) is 2.92. The highest BCUT2D eigenvalue weighted by Gasteiger charge is 2.35. The molecule has 3 atom stereocenters. The molecule has 5 heterocycles. The Morgan fingerprint density at radius 3 is 2.67 bits per heavy atom. The van der Waals surface area contributed by atoms with E-state index in [9.17, 15) is 0 Å². The van der Waals surface area contributed by atoms with Gasteiger partial charge in [0.15, 0.2) is 5.82 Å². The number of piperidine rings is 1. The molecular formula is C22H24N8. The molecule has 2 N–H and O–H groups in total. The second kappa shape index (κ2) is 6.91. The normalized spacial score (nSPS) is 23.2. The standard InChI is InChI=1S/C22H24N8/c1-29(16-11-14-3-4-15(12-16)25-14)21-8-6-19(26-27-21)17-5-7-20(30-10-2-9-24-30)18-13-23-28-22(17)18/h2,5-10,13-16,25H,3-4,11-12H2,1H3,(H,23,28)/t14-,15+,16?. The van der Waals surface area contributed by atoms with E-state index < -0.39 is 0 Å². The van der Waals surface area contributed by atoms with E-state index in [0.29, 0.717) is 18.1 Å². The average Bonchev–Trinajstić information content (AvgIpc) is 3.54. The van der Waals surface area contributed by atoms with E-state index in [-0.39, 0.29) is 0 Å². The van der Waals surface area contributed by atoms with Crippen LogP contribution in [0.5, 0.6) is 0 Å². The molecule has 1 aromatic carbocycles. The van der Waals surface area contributed by atoms with Gasteiger partial charge in [0, 0.05) is 48.5 Å². The molecule has 2 saturated heterocycles. The van der Waals surface area contributed by atoms with Crippen molar-refractivity contribution in [1.29, 1.82) is 0 Å². The summed E-state index contributed by atoms with van der Waals surface area (Å²) in [7, 11) is 2.14. The van der Waals surface area contributed by atoms with Crippen molar-refractivity contribution in [2.75, 3.05) is 11.9 Å². The second-order valence-corrected chi connectivity index (χ2v) is 8.39. The molecule has 1 unspecified atom stereocenters. The Morgan fingerprint density at radius 1 is 1.07 bits per heavy atom. The van der Waals surface area contributed by atoms with Crippen LogP contribution in [0.2, 0.25) is 0 Å². The second-order valence-electron chi connectivity index (χ2n) is 8.39. The Labute approximate surface area is 174 Å². The van der Waals surface area contributed by atoms with Gasteiger partial charge in [-0.3, -0.25) is 5.10 Å². The zero-order valence-corrected chi connectivity index (χ0v) is 16.9. The van der Waals surface area contributed by atoms with Crippen molar-refractivity contribution >= 4 is 16.7 Å². The highest BCUT2D eigenvalue weighted by molar-refractivity contribution is 5.97. The van der Waals surface area contributed by atoms with Crippen LogP contribution in [0.4, 0.5) is 5.82 Å². The van der Waals surface area contributed by atoms with Crippen LogP contribution in [-0.2, 0) is 0 Å². The first-order valence-corrected chi connectivity index (χ1v) is 10.6. The Kier molecular flexibility index (Phi) is 4.05. The number of hydrogen-bond donors (Lipinski definition) is 2. The Balaban J connectivity index is 1.30. The van der Waals surface area contributed by atoms with Crippen molar-refractivity contribution in [2.45, 2.75) is 43.8 Å². The van der Waals surface area contributed by atoms with Crippen LogP contribution in [0, 0.1) is 0 Å². The van der Waals surface area contributed by atoms with Crippen LogP contribution in [-0.4, -0.2) is 55.3 Å². The van der Waals surface area contributed by atoms with Gasteiger partial charge in [-0.15, -0.1) is 10.2 Å². The summed E-state index contributed by atoms with van der Waals surface area (Å²) in [5, 5.41) is 25.6. The maximum absolute atomic E-state index is 4.57. The number of aromatic amines is 1. The molecule has 8 nitrogen and oxygen atoms in total. The third-order valence-electron chi connectivity index (χ3n) is 6.63. The lowest BCUT2D eigenvalue weighted by Gasteiger charge is -2.36. The Hall–Kier alpha value is -3.26. The molecule has 0 amide bonds. The summed E-state index contributed by atoms with van der Waals surface area (Å²) in [5.74, 6) is 0.930. The van der Waals surface area contributed by atoms with Crippen molar-refractivity contribution in [2.24, 2.45) is 0 Å². The number of hydrogen-bond acceptors (Lipinski definition) is 6. The van der Waals surface area contributed by atoms with E-state index in [1.54, 1.807) is 6.20 Å². The predicted molar refractivity (Wildman–Crippen MR) is 116 cm³/mol. The number of rotatable bonds is 4. The van der Waals surface area contributed by atoms with Crippen LogP contribution in [0.3, 0.4) is 0 Å². The summed E-state index contributed by atoms with van der Waals surface area (Å²) in [6, 6.07) is 12.0. The van der Waals surface area contributed by atoms with Crippen molar-refractivity contribution < 1.29 is 0 Å². The summed E-state index contributed by atoms with van der Waals surface area (Å²) in [5.41, 5.74) is 3.74. The van der Waals surface area contributed by atoms with Gasteiger partial charge in [-0.1, -0.05) is 0 Å². The van der Waals surface area contributed by atoms with Crippen LogP contribution in [0.15, 0.2) is 48.9 Å². The lowest BCUT2D eigenvalue weighted by molar-refractivity contribution is 0.353. The molecule has 2 fully saturated rings. The van der Waals surface area contributed by atoms with Gasteiger partial charge in [-0.05, 0) is 56.0 Å². The van der Waals surface area contributed by atoms with Gasteiger partial charge in [0.1, 0.15) is 0 Å². The van der Waals surface area contributed by atoms with Crippen LogP contribution in [0.25, 0.3) is 27.8 Å². The van der Waals surface area contributed by atoms with Gasteiger partial charge in [0.2, 0.25) is 0 Å². The summed E-state index contributed by atoms with van der Waals surface area (Å²) in [6.45, 7) is 0. The van der Waals surface area contributed by atoms with E-state index in [1.165, 1.54) is 25.7 Å².